The Morgan fingerprint density at radius 2 is 1.91 bits per heavy atom. The zero-order valence-corrected chi connectivity index (χ0v) is 18.8. The summed E-state index contributed by atoms with van der Waals surface area (Å²) in [4.78, 5) is 16.9. The lowest BCUT2D eigenvalue weighted by Crippen LogP contribution is -2.13. The van der Waals surface area contributed by atoms with Crippen LogP contribution in [-0.2, 0) is 11.4 Å². The predicted molar refractivity (Wildman–Crippen MR) is 129 cm³/mol. The summed E-state index contributed by atoms with van der Waals surface area (Å²) in [5.41, 5.74) is 2.29. The van der Waals surface area contributed by atoms with Crippen LogP contribution in [0.5, 0.6) is 5.75 Å². The van der Waals surface area contributed by atoms with E-state index in [-0.39, 0.29) is 5.57 Å². The van der Waals surface area contributed by atoms with Gasteiger partial charge in [0, 0.05) is 15.6 Å². The van der Waals surface area contributed by atoms with Crippen LogP contribution in [0.1, 0.15) is 11.1 Å². The van der Waals surface area contributed by atoms with Crippen LogP contribution in [0.4, 0.5) is 5.13 Å². The number of para-hydroxylation sites is 1. The third kappa shape index (κ3) is 5.27. The Kier molecular flexibility index (Phi) is 6.72. The number of amides is 1. The summed E-state index contributed by atoms with van der Waals surface area (Å²) >= 11 is 13.4. The maximum Gasteiger partial charge on any atom is 0.268 e. The lowest BCUT2D eigenvalue weighted by molar-refractivity contribution is -0.112. The first-order valence-electron chi connectivity index (χ1n) is 9.47. The van der Waals surface area contributed by atoms with Crippen LogP contribution in [-0.4, -0.2) is 10.9 Å². The van der Waals surface area contributed by atoms with Gasteiger partial charge in [-0.15, -0.1) is 0 Å². The van der Waals surface area contributed by atoms with Gasteiger partial charge in [-0.2, -0.15) is 5.26 Å². The molecular weight excluding hydrogens is 465 g/mol. The van der Waals surface area contributed by atoms with Crippen molar-refractivity contribution in [2.24, 2.45) is 0 Å². The Hall–Kier alpha value is -3.37. The third-order valence-corrected chi connectivity index (χ3v) is 6.02. The van der Waals surface area contributed by atoms with Crippen LogP contribution >= 0.6 is 34.5 Å². The lowest BCUT2D eigenvalue weighted by Gasteiger charge is -2.08. The van der Waals surface area contributed by atoms with E-state index in [0.29, 0.717) is 33.1 Å². The van der Waals surface area contributed by atoms with Gasteiger partial charge in [-0.25, -0.2) is 4.98 Å². The number of nitrogens with zero attached hydrogens (tertiary/aromatic N) is 2. The normalized spacial score (nSPS) is 11.2. The zero-order valence-electron chi connectivity index (χ0n) is 16.5. The summed E-state index contributed by atoms with van der Waals surface area (Å²) in [6, 6.07) is 21.8. The van der Waals surface area contributed by atoms with E-state index in [4.69, 9.17) is 27.9 Å². The second-order valence-corrected chi connectivity index (χ2v) is 8.58. The number of hydrogen-bond donors (Lipinski definition) is 1. The largest absolute Gasteiger partial charge is 0.489 e. The van der Waals surface area contributed by atoms with E-state index in [0.717, 1.165) is 15.8 Å². The Labute approximate surface area is 198 Å². The number of rotatable bonds is 6. The zero-order chi connectivity index (χ0) is 22.5. The van der Waals surface area contributed by atoms with Crippen molar-refractivity contribution in [3.8, 4) is 11.8 Å². The summed E-state index contributed by atoms with van der Waals surface area (Å²) in [6.07, 6.45) is 1.52. The van der Waals surface area contributed by atoms with Gasteiger partial charge in [-0.3, -0.25) is 10.1 Å². The number of benzene rings is 3. The number of thiazole rings is 1. The second kappa shape index (κ2) is 9.84. The molecule has 1 aromatic heterocycles. The van der Waals surface area contributed by atoms with Crippen LogP contribution in [0.15, 0.2) is 72.3 Å². The minimum atomic E-state index is -0.510. The van der Waals surface area contributed by atoms with E-state index < -0.39 is 5.91 Å². The smallest absolute Gasteiger partial charge is 0.268 e. The molecule has 5 nitrogen and oxygen atoms in total. The van der Waals surface area contributed by atoms with Gasteiger partial charge >= 0.3 is 0 Å². The van der Waals surface area contributed by atoms with Crippen molar-refractivity contribution in [1.82, 2.24) is 4.98 Å². The van der Waals surface area contributed by atoms with E-state index in [1.807, 2.05) is 36.4 Å². The van der Waals surface area contributed by atoms with Gasteiger partial charge in [0.15, 0.2) is 5.13 Å². The Bertz CT molecular complexity index is 1320. The minimum Gasteiger partial charge on any atom is -0.489 e. The molecule has 1 N–H and O–H groups in total. The van der Waals surface area contributed by atoms with E-state index in [1.54, 1.807) is 36.4 Å². The van der Waals surface area contributed by atoms with Crippen molar-refractivity contribution >= 4 is 61.9 Å². The number of carbonyl (C=O) groups is 1. The average molecular weight is 480 g/mol. The van der Waals surface area contributed by atoms with Crippen LogP contribution < -0.4 is 10.1 Å². The number of fused-ring (bicyclic) bond motifs is 1. The molecule has 4 aromatic rings. The highest BCUT2D eigenvalue weighted by Crippen LogP contribution is 2.26. The van der Waals surface area contributed by atoms with Crippen molar-refractivity contribution in [3.63, 3.8) is 0 Å². The van der Waals surface area contributed by atoms with Crippen LogP contribution in [0.3, 0.4) is 0 Å². The van der Waals surface area contributed by atoms with E-state index in [1.165, 1.54) is 17.4 Å². The number of nitrogens with one attached hydrogen (secondary N) is 1. The molecule has 0 aliphatic rings. The molecule has 32 heavy (non-hydrogen) atoms. The van der Waals surface area contributed by atoms with Crippen molar-refractivity contribution in [3.05, 3.63) is 93.5 Å². The molecule has 0 aliphatic heterocycles. The van der Waals surface area contributed by atoms with Gasteiger partial charge in [0.25, 0.3) is 5.91 Å². The number of ether oxygens (including phenoxy) is 1. The summed E-state index contributed by atoms with van der Waals surface area (Å²) in [5.74, 6) is 0.120. The molecular formula is C24H15Cl2N3O2S. The highest BCUT2D eigenvalue weighted by Gasteiger charge is 2.12. The monoisotopic (exact) mass is 479 g/mol. The third-order valence-electron chi connectivity index (χ3n) is 4.48. The van der Waals surface area contributed by atoms with Crippen LogP contribution in [0, 0.1) is 11.3 Å². The summed E-state index contributed by atoms with van der Waals surface area (Å²) in [5, 5.41) is 13.7. The number of carbonyl (C=O) groups excluding carboxylic acids is 1. The number of halogens is 2. The Morgan fingerprint density at radius 3 is 2.62 bits per heavy atom. The first-order chi connectivity index (χ1) is 15.5. The molecule has 0 spiro atoms. The average Bonchev–Trinajstić information content (AvgIpc) is 3.20. The predicted octanol–water partition coefficient (Wildman–Crippen LogP) is 6.73. The number of hydrogen-bond acceptors (Lipinski definition) is 5. The SMILES string of the molecule is N#C/C(=C\c1ccc(OCc2ccc(Cl)cc2Cl)cc1)C(=O)Nc1nc2ccccc2s1. The van der Waals surface area contributed by atoms with Crippen LogP contribution in [0.2, 0.25) is 10.0 Å². The van der Waals surface area contributed by atoms with Gasteiger partial charge < -0.3 is 4.74 Å². The first kappa shape index (κ1) is 21.8. The molecule has 0 bridgehead atoms. The maximum absolute atomic E-state index is 12.5. The van der Waals surface area contributed by atoms with E-state index in [2.05, 4.69) is 10.3 Å². The standard InChI is InChI=1S/C24H15Cl2N3O2S/c25-18-8-7-16(20(26)12-18)14-31-19-9-5-15(6-10-19)11-17(13-27)23(30)29-24-28-21-3-1-2-4-22(21)32-24/h1-12H,14H2,(H,28,29,30)/b17-11+. The van der Waals surface area contributed by atoms with E-state index >= 15 is 0 Å². The summed E-state index contributed by atoms with van der Waals surface area (Å²) < 4.78 is 6.71. The molecule has 4 rings (SSSR count). The van der Waals surface area contributed by atoms with Crippen LogP contribution in [0.25, 0.3) is 16.3 Å². The maximum atomic E-state index is 12.5. The topological polar surface area (TPSA) is 75.0 Å². The highest BCUT2D eigenvalue weighted by atomic mass is 35.5. The Morgan fingerprint density at radius 1 is 1.12 bits per heavy atom. The van der Waals surface area contributed by atoms with Gasteiger partial charge in [-0.05, 0) is 48.0 Å². The van der Waals surface area contributed by atoms with Gasteiger partial charge in [-0.1, -0.05) is 64.9 Å². The highest BCUT2D eigenvalue weighted by molar-refractivity contribution is 7.22. The number of nitriles is 1. The number of aromatic nitrogens is 1. The molecule has 158 valence electrons. The van der Waals surface area contributed by atoms with Gasteiger partial charge in [0.2, 0.25) is 0 Å². The van der Waals surface area contributed by atoms with Crippen molar-refractivity contribution in [1.29, 1.82) is 5.26 Å². The first-order valence-corrected chi connectivity index (χ1v) is 11.0. The molecule has 0 saturated carbocycles. The van der Waals surface area contributed by atoms with Gasteiger partial charge in [0.1, 0.15) is 24.0 Å². The van der Waals surface area contributed by atoms with Gasteiger partial charge in [0.05, 0.1) is 10.2 Å². The molecule has 0 fully saturated rings. The van der Waals surface area contributed by atoms with E-state index in [9.17, 15) is 10.1 Å². The van der Waals surface area contributed by atoms with Crippen molar-refractivity contribution in [2.45, 2.75) is 6.61 Å². The molecule has 0 atom stereocenters. The minimum absolute atomic E-state index is 0.0223. The molecule has 0 aliphatic carbocycles. The summed E-state index contributed by atoms with van der Waals surface area (Å²) in [7, 11) is 0. The molecule has 1 amide bonds. The molecule has 3 aromatic carbocycles. The quantitative estimate of drug-likeness (QED) is 0.245. The number of anilines is 1. The summed E-state index contributed by atoms with van der Waals surface area (Å²) in [6.45, 7) is 0.291. The lowest BCUT2D eigenvalue weighted by atomic mass is 10.1. The Balaban J connectivity index is 1.42. The molecule has 0 radical (unpaired) electrons. The molecule has 8 heteroatoms. The molecule has 0 saturated heterocycles. The molecule has 1 heterocycles. The van der Waals surface area contributed by atoms with Crippen molar-refractivity contribution in [2.75, 3.05) is 5.32 Å². The fourth-order valence-electron chi connectivity index (χ4n) is 2.87. The second-order valence-electron chi connectivity index (χ2n) is 6.70. The molecule has 0 unspecified atom stereocenters. The van der Waals surface area contributed by atoms with Crippen molar-refractivity contribution < 1.29 is 9.53 Å². The fourth-order valence-corrected chi connectivity index (χ4v) is 4.19. The fraction of sp³-hybridized carbons (Fsp3) is 0.0417.